The van der Waals surface area contributed by atoms with Crippen LogP contribution in [-0.4, -0.2) is 57.1 Å². The molecule has 0 aliphatic rings. The SMILES string of the molecule is COCCOc1ccccc1C(=O)NCCOCC(=O)O. The zero-order chi connectivity index (χ0) is 15.5. The molecule has 0 bridgehead atoms. The number of hydrogen-bond acceptors (Lipinski definition) is 5. The molecule has 0 radical (unpaired) electrons. The maximum Gasteiger partial charge on any atom is 0.329 e. The van der Waals surface area contributed by atoms with Crippen LogP contribution in [0.3, 0.4) is 0 Å². The van der Waals surface area contributed by atoms with Gasteiger partial charge in [-0.3, -0.25) is 4.79 Å². The van der Waals surface area contributed by atoms with E-state index in [-0.39, 0.29) is 25.7 Å². The van der Waals surface area contributed by atoms with E-state index in [4.69, 9.17) is 19.3 Å². The Kier molecular flexibility index (Phi) is 7.85. The van der Waals surface area contributed by atoms with Crippen LogP contribution in [0.15, 0.2) is 24.3 Å². The van der Waals surface area contributed by atoms with Gasteiger partial charge >= 0.3 is 5.97 Å². The van der Waals surface area contributed by atoms with Crippen LogP contribution in [0.2, 0.25) is 0 Å². The molecule has 1 amide bonds. The predicted octanol–water partition coefficient (Wildman–Crippen LogP) is 0.543. The number of aliphatic carboxylic acids is 1. The van der Waals surface area contributed by atoms with Crippen molar-refractivity contribution < 1.29 is 28.9 Å². The second-order valence-corrected chi connectivity index (χ2v) is 4.04. The van der Waals surface area contributed by atoms with E-state index in [2.05, 4.69) is 5.32 Å². The van der Waals surface area contributed by atoms with Gasteiger partial charge in [-0.15, -0.1) is 0 Å². The molecule has 0 fully saturated rings. The summed E-state index contributed by atoms with van der Waals surface area (Å²) in [5, 5.41) is 11.0. The standard InChI is InChI=1S/C14H19NO6/c1-19-8-9-21-12-5-3-2-4-11(12)14(18)15-6-7-20-10-13(16)17/h2-5H,6-10H2,1H3,(H,15,18)(H,16,17). The zero-order valence-electron chi connectivity index (χ0n) is 11.8. The van der Waals surface area contributed by atoms with E-state index in [9.17, 15) is 9.59 Å². The number of rotatable bonds is 10. The summed E-state index contributed by atoms with van der Waals surface area (Å²) in [6.45, 7) is 0.747. The number of carbonyl (C=O) groups excluding carboxylic acids is 1. The van der Waals surface area contributed by atoms with E-state index in [1.54, 1.807) is 31.4 Å². The van der Waals surface area contributed by atoms with Crippen LogP contribution in [0.25, 0.3) is 0 Å². The predicted molar refractivity (Wildman–Crippen MR) is 74.6 cm³/mol. The van der Waals surface area contributed by atoms with Gasteiger partial charge in [0, 0.05) is 13.7 Å². The van der Waals surface area contributed by atoms with Crippen molar-refractivity contribution >= 4 is 11.9 Å². The van der Waals surface area contributed by atoms with Gasteiger partial charge in [0.15, 0.2) is 0 Å². The number of nitrogens with one attached hydrogen (secondary N) is 1. The number of carbonyl (C=O) groups is 2. The summed E-state index contributed by atoms with van der Waals surface area (Å²) in [6, 6.07) is 6.86. The number of ether oxygens (including phenoxy) is 3. The summed E-state index contributed by atoms with van der Waals surface area (Å²) in [5.41, 5.74) is 0.409. The van der Waals surface area contributed by atoms with Crippen molar-refractivity contribution in [3.63, 3.8) is 0 Å². The lowest BCUT2D eigenvalue weighted by Gasteiger charge is -2.11. The molecule has 0 aliphatic heterocycles. The third kappa shape index (κ3) is 6.73. The molecule has 2 N–H and O–H groups in total. The van der Waals surface area contributed by atoms with Gasteiger partial charge in [0.2, 0.25) is 0 Å². The molecule has 7 nitrogen and oxygen atoms in total. The second kappa shape index (κ2) is 9.73. The van der Waals surface area contributed by atoms with Crippen molar-refractivity contribution in [1.82, 2.24) is 5.32 Å². The lowest BCUT2D eigenvalue weighted by Crippen LogP contribution is -2.28. The van der Waals surface area contributed by atoms with E-state index < -0.39 is 5.97 Å². The summed E-state index contributed by atoms with van der Waals surface area (Å²) in [5.74, 6) is -0.876. The normalized spacial score (nSPS) is 10.1. The van der Waals surface area contributed by atoms with E-state index in [0.29, 0.717) is 24.5 Å². The van der Waals surface area contributed by atoms with Crippen LogP contribution in [0.4, 0.5) is 0 Å². The molecule has 0 aliphatic carbocycles. The summed E-state index contributed by atoms with van der Waals surface area (Å²) in [6.07, 6.45) is 0. The molecule has 0 heterocycles. The molecule has 0 unspecified atom stereocenters. The lowest BCUT2D eigenvalue weighted by molar-refractivity contribution is -0.142. The van der Waals surface area contributed by atoms with E-state index in [1.165, 1.54) is 0 Å². The molecule has 7 heteroatoms. The van der Waals surface area contributed by atoms with Crippen LogP contribution in [0, 0.1) is 0 Å². The van der Waals surface area contributed by atoms with Crippen molar-refractivity contribution in [2.75, 3.05) is 40.1 Å². The average Bonchev–Trinajstić information content (AvgIpc) is 2.47. The van der Waals surface area contributed by atoms with Gasteiger partial charge in [0.05, 0.1) is 18.8 Å². The topological polar surface area (TPSA) is 94.1 Å². The number of carboxylic acids is 1. The third-order valence-corrected chi connectivity index (χ3v) is 2.43. The Balaban J connectivity index is 2.43. The Labute approximate surface area is 122 Å². The molecule has 116 valence electrons. The number of methoxy groups -OCH3 is 1. The van der Waals surface area contributed by atoms with E-state index in [0.717, 1.165) is 0 Å². The minimum atomic E-state index is -1.04. The lowest BCUT2D eigenvalue weighted by atomic mass is 10.2. The summed E-state index contributed by atoms with van der Waals surface area (Å²) in [4.78, 5) is 22.2. The Hall–Kier alpha value is -2.12. The molecule has 1 aromatic carbocycles. The van der Waals surface area contributed by atoms with Gasteiger partial charge in [0.1, 0.15) is 19.0 Å². The van der Waals surface area contributed by atoms with Crippen molar-refractivity contribution in [3.05, 3.63) is 29.8 Å². The highest BCUT2D eigenvalue weighted by Gasteiger charge is 2.11. The van der Waals surface area contributed by atoms with Crippen LogP contribution < -0.4 is 10.1 Å². The Morgan fingerprint density at radius 3 is 2.67 bits per heavy atom. The molecule has 21 heavy (non-hydrogen) atoms. The molecular weight excluding hydrogens is 278 g/mol. The molecule has 0 aromatic heterocycles. The highest BCUT2D eigenvalue weighted by atomic mass is 16.5. The minimum absolute atomic E-state index is 0.130. The van der Waals surface area contributed by atoms with Crippen LogP contribution in [0.1, 0.15) is 10.4 Å². The van der Waals surface area contributed by atoms with Gasteiger partial charge in [-0.1, -0.05) is 12.1 Å². The molecule has 1 rings (SSSR count). The first kappa shape index (κ1) is 16.9. The largest absolute Gasteiger partial charge is 0.490 e. The van der Waals surface area contributed by atoms with E-state index in [1.807, 2.05) is 0 Å². The smallest absolute Gasteiger partial charge is 0.329 e. The highest BCUT2D eigenvalue weighted by molar-refractivity contribution is 5.96. The fourth-order valence-electron chi connectivity index (χ4n) is 1.51. The average molecular weight is 297 g/mol. The summed E-state index contributed by atoms with van der Waals surface area (Å²) >= 11 is 0. The van der Waals surface area contributed by atoms with Crippen molar-refractivity contribution in [1.29, 1.82) is 0 Å². The summed E-state index contributed by atoms with van der Waals surface area (Å²) in [7, 11) is 1.57. The Morgan fingerprint density at radius 2 is 1.95 bits per heavy atom. The first-order valence-corrected chi connectivity index (χ1v) is 6.43. The number of amides is 1. The van der Waals surface area contributed by atoms with Crippen molar-refractivity contribution in [2.45, 2.75) is 0 Å². The first-order chi connectivity index (χ1) is 10.1. The zero-order valence-corrected chi connectivity index (χ0v) is 11.8. The van der Waals surface area contributed by atoms with Gasteiger partial charge in [-0.05, 0) is 12.1 Å². The molecular formula is C14H19NO6. The molecule has 0 saturated carbocycles. The van der Waals surface area contributed by atoms with Gasteiger partial charge in [-0.2, -0.15) is 0 Å². The van der Waals surface area contributed by atoms with Gasteiger partial charge in [-0.25, -0.2) is 4.79 Å². The fraction of sp³-hybridized carbons (Fsp3) is 0.429. The third-order valence-electron chi connectivity index (χ3n) is 2.43. The quantitative estimate of drug-likeness (QED) is 0.612. The Bertz CT molecular complexity index is 463. The minimum Gasteiger partial charge on any atom is -0.490 e. The van der Waals surface area contributed by atoms with Crippen LogP contribution >= 0.6 is 0 Å². The number of para-hydroxylation sites is 1. The summed E-state index contributed by atoms with van der Waals surface area (Å²) < 4.78 is 15.2. The maximum atomic E-state index is 12.0. The number of benzene rings is 1. The Morgan fingerprint density at radius 1 is 1.19 bits per heavy atom. The van der Waals surface area contributed by atoms with Crippen LogP contribution in [-0.2, 0) is 14.3 Å². The van der Waals surface area contributed by atoms with Gasteiger partial charge in [0.25, 0.3) is 5.91 Å². The maximum absolute atomic E-state index is 12.0. The molecule has 0 spiro atoms. The molecule has 0 atom stereocenters. The molecule has 1 aromatic rings. The second-order valence-electron chi connectivity index (χ2n) is 4.04. The highest BCUT2D eigenvalue weighted by Crippen LogP contribution is 2.17. The van der Waals surface area contributed by atoms with Crippen molar-refractivity contribution in [3.8, 4) is 5.75 Å². The number of hydrogen-bond donors (Lipinski definition) is 2. The van der Waals surface area contributed by atoms with E-state index >= 15 is 0 Å². The molecule has 0 saturated heterocycles. The first-order valence-electron chi connectivity index (χ1n) is 6.43. The van der Waals surface area contributed by atoms with Crippen molar-refractivity contribution in [2.24, 2.45) is 0 Å². The van der Waals surface area contributed by atoms with Crippen LogP contribution in [0.5, 0.6) is 5.75 Å². The monoisotopic (exact) mass is 297 g/mol. The van der Waals surface area contributed by atoms with Gasteiger partial charge < -0.3 is 24.6 Å². The fourth-order valence-corrected chi connectivity index (χ4v) is 1.51. The number of carboxylic acid groups (broad SMARTS) is 1.